The minimum atomic E-state index is -3.70. The first-order valence-corrected chi connectivity index (χ1v) is 8.86. The molecular weight excluding hydrogens is 354 g/mol. The van der Waals surface area contributed by atoms with Gasteiger partial charge in [-0.1, -0.05) is 22.0 Å². The van der Waals surface area contributed by atoms with Gasteiger partial charge in [0.15, 0.2) is 0 Å². The SMILES string of the molecule is O=S(=O)(Nc1cc(Br)ccc1O)c1ccc2c(c1)CCC2. The van der Waals surface area contributed by atoms with Gasteiger partial charge in [-0.15, -0.1) is 0 Å². The van der Waals surface area contributed by atoms with Crippen LogP contribution in [0.15, 0.2) is 45.8 Å². The summed E-state index contributed by atoms with van der Waals surface area (Å²) >= 11 is 3.25. The number of hydrogen-bond donors (Lipinski definition) is 2. The number of sulfonamides is 1. The summed E-state index contributed by atoms with van der Waals surface area (Å²) in [4.78, 5) is 0.225. The van der Waals surface area contributed by atoms with Crippen LogP contribution in [0, 0.1) is 0 Å². The largest absolute Gasteiger partial charge is 0.506 e. The number of aryl methyl sites for hydroxylation is 2. The Bertz CT molecular complexity index is 803. The van der Waals surface area contributed by atoms with Crippen molar-refractivity contribution >= 4 is 31.6 Å². The van der Waals surface area contributed by atoms with E-state index < -0.39 is 10.0 Å². The van der Waals surface area contributed by atoms with E-state index in [4.69, 9.17) is 0 Å². The molecular formula is C15H14BrNO3S. The molecule has 0 radical (unpaired) electrons. The van der Waals surface area contributed by atoms with Gasteiger partial charge in [0, 0.05) is 4.47 Å². The highest BCUT2D eigenvalue weighted by molar-refractivity contribution is 9.10. The highest BCUT2D eigenvalue weighted by Crippen LogP contribution is 2.30. The van der Waals surface area contributed by atoms with E-state index in [9.17, 15) is 13.5 Å². The summed E-state index contributed by atoms with van der Waals surface area (Å²) in [5, 5.41) is 9.75. The molecule has 0 saturated carbocycles. The van der Waals surface area contributed by atoms with Crippen molar-refractivity contribution in [3.8, 4) is 5.75 Å². The number of rotatable bonds is 3. The minimum absolute atomic E-state index is 0.108. The number of benzene rings is 2. The standard InChI is InChI=1S/C15H14BrNO3S/c16-12-5-7-15(18)14(9-12)17-21(19,20)13-6-4-10-2-1-3-11(10)8-13/h4-9,17-18H,1-3H2. The number of phenols is 1. The van der Waals surface area contributed by atoms with Gasteiger partial charge in [0.2, 0.25) is 0 Å². The zero-order valence-electron chi connectivity index (χ0n) is 11.1. The molecule has 1 aliphatic rings. The van der Waals surface area contributed by atoms with Crippen molar-refractivity contribution in [1.29, 1.82) is 0 Å². The number of phenolic OH excluding ortho intramolecular Hbond substituents is 1. The number of nitrogens with one attached hydrogen (secondary N) is 1. The van der Waals surface area contributed by atoms with E-state index in [2.05, 4.69) is 20.7 Å². The molecule has 21 heavy (non-hydrogen) atoms. The van der Waals surface area contributed by atoms with E-state index in [1.54, 1.807) is 18.2 Å². The molecule has 0 aromatic heterocycles. The van der Waals surface area contributed by atoms with Gasteiger partial charge in [-0.25, -0.2) is 8.42 Å². The van der Waals surface area contributed by atoms with Crippen molar-refractivity contribution in [2.24, 2.45) is 0 Å². The first-order chi connectivity index (χ1) is 9.95. The summed E-state index contributed by atoms with van der Waals surface area (Å²) in [5.74, 6) is -0.108. The summed E-state index contributed by atoms with van der Waals surface area (Å²) in [6.07, 6.45) is 3.00. The molecule has 0 aliphatic heterocycles. The molecule has 0 saturated heterocycles. The van der Waals surface area contributed by atoms with Crippen molar-refractivity contribution in [3.05, 3.63) is 52.0 Å². The van der Waals surface area contributed by atoms with Gasteiger partial charge in [0.1, 0.15) is 5.75 Å². The van der Waals surface area contributed by atoms with E-state index in [-0.39, 0.29) is 16.3 Å². The maximum atomic E-state index is 12.4. The highest BCUT2D eigenvalue weighted by atomic mass is 79.9. The number of hydrogen-bond acceptors (Lipinski definition) is 3. The van der Waals surface area contributed by atoms with E-state index in [0.29, 0.717) is 4.47 Å². The Labute approximate surface area is 132 Å². The summed E-state index contributed by atoms with van der Waals surface area (Å²) in [6.45, 7) is 0. The second-order valence-electron chi connectivity index (χ2n) is 5.05. The third-order valence-electron chi connectivity index (χ3n) is 3.58. The van der Waals surface area contributed by atoms with Crippen LogP contribution >= 0.6 is 15.9 Å². The fourth-order valence-corrected chi connectivity index (χ4v) is 3.99. The molecule has 1 aliphatic carbocycles. The minimum Gasteiger partial charge on any atom is -0.506 e. The topological polar surface area (TPSA) is 66.4 Å². The lowest BCUT2D eigenvalue weighted by molar-refractivity contribution is 0.477. The molecule has 0 amide bonds. The number of anilines is 1. The first-order valence-electron chi connectivity index (χ1n) is 6.59. The molecule has 0 unspecified atom stereocenters. The third kappa shape index (κ3) is 2.91. The number of halogens is 1. The van der Waals surface area contributed by atoms with Gasteiger partial charge in [-0.2, -0.15) is 0 Å². The Kier molecular flexibility index (Phi) is 3.67. The lowest BCUT2D eigenvalue weighted by Crippen LogP contribution is -2.13. The van der Waals surface area contributed by atoms with E-state index in [1.807, 2.05) is 6.07 Å². The van der Waals surface area contributed by atoms with Crippen LogP contribution < -0.4 is 4.72 Å². The molecule has 4 nitrogen and oxygen atoms in total. The van der Waals surface area contributed by atoms with Crippen LogP contribution in [-0.4, -0.2) is 13.5 Å². The molecule has 2 aromatic rings. The van der Waals surface area contributed by atoms with Crippen molar-refractivity contribution in [2.45, 2.75) is 24.2 Å². The quantitative estimate of drug-likeness (QED) is 0.816. The Hall–Kier alpha value is -1.53. The monoisotopic (exact) mass is 367 g/mol. The average Bonchev–Trinajstić information content (AvgIpc) is 2.90. The van der Waals surface area contributed by atoms with Crippen molar-refractivity contribution in [1.82, 2.24) is 0 Å². The Morgan fingerprint density at radius 2 is 1.81 bits per heavy atom. The van der Waals surface area contributed by atoms with Crippen LogP contribution in [0.2, 0.25) is 0 Å². The van der Waals surface area contributed by atoms with Crippen LogP contribution in [0.4, 0.5) is 5.69 Å². The smallest absolute Gasteiger partial charge is 0.262 e. The molecule has 2 N–H and O–H groups in total. The van der Waals surface area contributed by atoms with Crippen LogP contribution in [0.25, 0.3) is 0 Å². The zero-order valence-corrected chi connectivity index (χ0v) is 13.5. The summed E-state index contributed by atoms with van der Waals surface area (Å²) in [5.41, 5.74) is 2.47. The fourth-order valence-electron chi connectivity index (χ4n) is 2.51. The lowest BCUT2D eigenvalue weighted by atomic mass is 10.1. The first kappa shape index (κ1) is 14.4. The molecule has 2 aromatic carbocycles. The highest BCUT2D eigenvalue weighted by Gasteiger charge is 2.19. The average molecular weight is 368 g/mol. The maximum absolute atomic E-state index is 12.4. The summed E-state index contributed by atoms with van der Waals surface area (Å²) in [6, 6.07) is 9.81. The normalized spacial score (nSPS) is 14.0. The second kappa shape index (κ2) is 5.35. The van der Waals surface area contributed by atoms with E-state index >= 15 is 0 Å². The van der Waals surface area contributed by atoms with Crippen LogP contribution in [0.1, 0.15) is 17.5 Å². The van der Waals surface area contributed by atoms with Gasteiger partial charge in [0.05, 0.1) is 10.6 Å². The van der Waals surface area contributed by atoms with Gasteiger partial charge < -0.3 is 5.11 Å². The fraction of sp³-hybridized carbons (Fsp3) is 0.200. The molecule has 0 atom stereocenters. The molecule has 110 valence electrons. The molecule has 0 heterocycles. The van der Waals surface area contributed by atoms with Crippen molar-refractivity contribution < 1.29 is 13.5 Å². The van der Waals surface area contributed by atoms with E-state index in [1.165, 1.54) is 17.7 Å². The van der Waals surface area contributed by atoms with Gasteiger partial charge >= 0.3 is 0 Å². The second-order valence-corrected chi connectivity index (χ2v) is 7.65. The molecule has 3 rings (SSSR count). The summed E-state index contributed by atoms with van der Waals surface area (Å²) < 4.78 is 28.0. The predicted molar refractivity (Wildman–Crippen MR) is 85.1 cm³/mol. The lowest BCUT2D eigenvalue weighted by Gasteiger charge is -2.11. The van der Waals surface area contributed by atoms with Gasteiger partial charge in [-0.3, -0.25) is 4.72 Å². The van der Waals surface area contributed by atoms with Crippen molar-refractivity contribution in [3.63, 3.8) is 0 Å². The van der Waals surface area contributed by atoms with Crippen molar-refractivity contribution in [2.75, 3.05) is 4.72 Å². The Morgan fingerprint density at radius 1 is 1.05 bits per heavy atom. The van der Waals surface area contributed by atoms with Gasteiger partial charge in [-0.05, 0) is 60.7 Å². The van der Waals surface area contributed by atoms with E-state index in [0.717, 1.165) is 24.8 Å². The zero-order chi connectivity index (χ0) is 15.0. The van der Waals surface area contributed by atoms with Gasteiger partial charge in [0.25, 0.3) is 10.0 Å². The number of fused-ring (bicyclic) bond motifs is 1. The number of aromatic hydroxyl groups is 1. The maximum Gasteiger partial charge on any atom is 0.262 e. The molecule has 0 fully saturated rings. The summed E-state index contributed by atoms with van der Waals surface area (Å²) in [7, 11) is -3.70. The Balaban J connectivity index is 1.95. The van der Waals surface area contributed by atoms with Crippen LogP contribution in [-0.2, 0) is 22.9 Å². The van der Waals surface area contributed by atoms with Crippen LogP contribution in [0.3, 0.4) is 0 Å². The van der Waals surface area contributed by atoms with Crippen LogP contribution in [0.5, 0.6) is 5.75 Å². The molecule has 6 heteroatoms. The Morgan fingerprint density at radius 3 is 2.62 bits per heavy atom. The predicted octanol–water partition coefficient (Wildman–Crippen LogP) is 3.44. The molecule has 0 bridgehead atoms. The third-order valence-corrected chi connectivity index (χ3v) is 5.44. The molecule has 0 spiro atoms.